The Bertz CT molecular complexity index is 1410. The van der Waals surface area contributed by atoms with Gasteiger partial charge >= 0.3 is 6.18 Å². The number of alkyl halides is 3. The van der Waals surface area contributed by atoms with E-state index in [1.807, 2.05) is 4.90 Å². The number of rotatable bonds is 4. The number of carbonyl (C=O) groups is 1. The second-order valence-corrected chi connectivity index (χ2v) is 12.2. The Labute approximate surface area is 219 Å². The third-order valence-corrected chi connectivity index (χ3v) is 9.58. The summed E-state index contributed by atoms with van der Waals surface area (Å²) in [5.74, 6) is -1.07. The Kier molecular flexibility index (Phi) is 6.00. The summed E-state index contributed by atoms with van der Waals surface area (Å²) in [7, 11) is 0.181. The number of anilines is 2. The molecule has 1 saturated heterocycles. The molecule has 0 bridgehead atoms. The summed E-state index contributed by atoms with van der Waals surface area (Å²) in [6, 6.07) is 5.26. The molecule has 1 aliphatic carbocycles. The molecule has 3 aromatic rings. The molecular weight excluding hydrogens is 522 g/mol. The minimum atomic E-state index is -4.67. The number of carbonyl (C=O) groups excluding carboxylic acids is 1. The number of amides is 1. The molecule has 1 amide bonds. The van der Waals surface area contributed by atoms with Crippen LogP contribution in [-0.2, 0) is 21.0 Å². The van der Waals surface area contributed by atoms with E-state index >= 15 is 0 Å². The van der Waals surface area contributed by atoms with Crippen LogP contribution in [0.5, 0.6) is 0 Å². The molecule has 202 valence electrons. The number of aromatic nitrogens is 3. The van der Waals surface area contributed by atoms with E-state index in [-0.39, 0.29) is 11.0 Å². The van der Waals surface area contributed by atoms with Crippen molar-refractivity contribution in [2.75, 3.05) is 30.0 Å². The van der Waals surface area contributed by atoms with Gasteiger partial charge in [0.15, 0.2) is 11.7 Å². The van der Waals surface area contributed by atoms with Crippen LogP contribution in [-0.4, -0.2) is 60.9 Å². The fraction of sp³-hybridized carbons (Fsp3) is 0.500. The number of fused-ring (bicyclic) bond motifs is 4. The quantitative estimate of drug-likeness (QED) is 0.443. The van der Waals surface area contributed by atoms with E-state index in [4.69, 9.17) is 0 Å². The zero-order valence-corrected chi connectivity index (χ0v) is 21.6. The average Bonchev–Trinajstić information content (AvgIpc) is 3.54. The molecule has 3 aliphatic rings. The molecular formula is C26H27F4N5O2S. The second-order valence-electron chi connectivity index (χ2n) is 10.5. The van der Waals surface area contributed by atoms with Gasteiger partial charge in [0.1, 0.15) is 0 Å². The molecule has 2 aliphatic heterocycles. The standard InChI is InChI=1S/C26H27F4N5O2S/c1-33(24(36)17-6-12-38(37)13-7-17)22(26(28,29)30)16-2-4-18(5-3-16)34-11-10-25(8-9-25)23-19(34)15-31-21-14-20(27)32-35(21)23/h2-5,14-15,17,22H,6-13H2,1H3/t17?,22-,38?/m0/s1. The van der Waals surface area contributed by atoms with Gasteiger partial charge in [-0.1, -0.05) is 12.1 Å². The summed E-state index contributed by atoms with van der Waals surface area (Å²) in [5, 5.41) is 4.01. The van der Waals surface area contributed by atoms with Crippen LogP contribution in [0.15, 0.2) is 36.5 Å². The molecule has 1 spiro atoms. The van der Waals surface area contributed by atoms with Gasteiger partial charge in [0.2, 0.25) is 11.9 Å². The predicted molar refractivity (Wildman–Crippen MR) is 134 cm³/mol. The van der Waals surface area contributed by atoms with Gasteiger partial charge in [-0.15, -0.1) is 5.10 Å². The molecule has 1 atom stereocenters. The van der Waals surface area contributed by atoms with Gasteiger partial charge in [0.25, 0.3) is 0 Å². The first kappa shape index (κ1) is 25.3. The summed E-state index contributed by atoms with van der Waals surface area (Å²) in [4.78, 5) is 20.1. The van der Waals surface area contributed by atoms with Crippen molar-refractivity contribution in [3.05, 3.63) is 53.7 Å². The van der Waals surface area contributed by atoms with E-state index in [2.05, 4.69) is 10.1 Å². The van der Waals surface area contributed by atoms with Crippen molar-refractivity contribution in [1.29, 1.82) is 0 Å². The summed E-state index contributed by atoms with van der Waals surface area (Å²) >= 11 is 0. The Morgan fingerprint density at radius 1 is 1.16 bits per heavy atom. The molecule has 12 heteroatoms. The highest BCUT2D eigenvalue weighted by molar-refractivity contribution is 7.85. The molecule has 2 fully saturated rings. The van der Waals surface area contributed by atoms with Crippen LogP contribution < -0.4 is 4.90 Å². The van der Waals surface area contributed by atoms with Crippen LogP contribution in [0.2, 0.25) is 0 Å². The number of benzene rings is 1. The highest BCUT2D eigenvalue weighted by Gasteiger charge is 2.51. The Hall–Kier alpha value is -3.02. The summed E-state index contributed by atoms with van der Waals surface area (Å²) in [6.45, 7) is 0.646. The van der Waals surface area contributed by atoms with Crippen molar-refractivity contribution >= 4 is 33.7 Å². The van der Waals surface area contributed by atoms with Gasteiger partial charge in [0, 0.05) is 59.0 Å². The maximum Gasteiger partial charge on any atom is 0.413 e. The van der Waals surface area contributed by atoms with E-state index in [1.165, 1.54) is 25.2 Å². The van der Waals surface area contributed by atoms with Crippen LogP contribution in [0.4, 0.5) is 28.9 Å². The highest BCUT2D eigenvalue weighted by atomic mass is 32.2. The summed E-state index contributed by atoms with van der Waals surface area (Å²) in [6.07, 6.45) is 0.431. The first-order valence-electron chi connectivity index (χ1n) is 12.7. The molecule has 38 heavy (non-hydrogen) atoms. The minimum absolute atomic E-state index is 0.0323. The zero-order valence-electron chi connectivity index (χ0n) is 20.7. The molecule has 1 aromatic carbocycles. The average molecular weight is 550 g/mol. The van der Waals surface area contributed by atoms with Crippen LogP contribution >= 0.6 is 0 Å². The van der Waals surface area contributed by atoms with Crippen molar-refractivity contribution in [3.8, 4) is 0 Å². The van der Waals surface area contributed by atoms with Gasteiger partial charge in [-0.3, -0.25) is 9.00 Å². The van der Waals surface area contributed by atoms with Crippen LogP contribution in [0, 0.1) is 11.9 Å². The molecule has 2 aromatic heterocycles. The number of hydrogen-bond donors (Lipinski definition) is 0. The molecule has 0 unspecified atom stereocenters. The first-order valence-corrected chi connectivity index (χ1v) is 14.2. The fourth-order valence-electron chi connectivity index (χ4n) is 5.99. The van der Waals surface area contributed by atoms with E-state index in [1.54, 1.807) is 22.8 Å². The Balaban J connectivity index is 1.30. The number of halogens is 4. The van der Waals surface area contributed by atoms with E-state index < -0.39 is 40.8 Å². The van der Waals surface area contributed by atoms with Gasteiger partial charge in [0.05, 0.1) is 17.6 Å². The van der Waals surface area contributed by atoms with Crippen molar-refractivity contribution < 1.29 is 26.6 Å². The molecule has 0 radical (unpaired) electrons. The molecule has 6 rings (SSSR count). The monoisotopic (exact) mass is 549 g/mol. The largest absolute Gasteiger partial charge is 0.413 e. The maximum atomic E-state index is 14.2. The van der Waals surface area contributed by atoms with Crippen molar-refractivity contribution in [3.63, 3.8) is 0 Å². The van der Waals surface area contributed by atoms with E-state index in [0.717, 1.165) is 35.5 Å². The van der Waals surface area contributed by atoms with Crippen molar-refractivity contribution in [1.82, 2.24) is 19.5 Å². The van der Waals surface area contributed by atoms with Crippen LogP contribution in [0.3, 0.4) is 0 Å². The third-order valence-electron chi connectivity index (χ3n) is 8.20. The maximum absolute atomic E-state index is 14.2. The summed E-state index contributed by atoms with van der Waals surface area (Å²) < 4.78 is 69.8. The first-order chi connectivity index (χ1) is 18.1. The Morgan fingerprint density at radius 3 is 2.47 bits per heavy atom. The minimum Gasteiger partial charge on any atom is -0.339 e. The molecule has 4 heterocycles. The van der Waals surface area contributed by atoms with E-state index in [9.17, 15) is 26.6 Å². The van der Waals surface area contributed by atoms with Crippen LogP contribution in [0.25, 0.3) is 5.65 Å². The molecule has 7 nitrogen and oxygen atoms in total. The lowest BCUT2D eigenvalue weighted by molar-refractivity contribution is -0.190. The lowest BCUT2D eigenvalue weighted by atomic mass is 9.91. The van der Waals surface area contributed by atoms with Gasteiger partial charge < -0.3 is 9.80 Å². The lowest BCUT2D eigenvalue weighted by Gasteiger charge is -2.36. The fourth-order valence-corrected chi connectivity index (χ4v) is 7.28. The second kappa shape index (κ2) is 9.03. The number of hydrogen-bond acceptors (Lipinski definition) is 5. The van der Waals surface area contributed by atoms with E-state index in [0.29, 0.717) is 42.2 Å². The van der Waals surface area contributed by atoms with Crippen molar-refractivity contribution in [2.45, 2.75) is 49.7 Å². The van der Waals surface area contributed by atoms with Gasteiger partial charge in [-0.05, 0) is 49.8 Å². The lowest BCUT2D eigenvalue weighted by Crippen LogP contribution is -2.44. The smallest absolute Gasteiger partial charge is 0.339 e. The predicted octanol–water partition coefficient (Wildman–Crippen LogP) is 4.66. The van der Waals surface area contributed by atoms with Gasteiger partial charge in [-0.2, -0.15) is 17.6 Å². The van der Waals surface area contributed by atoms with Crippen LogP contribution in [0.1, 0.15) is 49.4 Å². The van der Waals surface area contributed by atoms with Gasteiger partial charge in [-0.25, -0.2) is 9.50 Å². The molecule has 0 N–H and O–H groups in total. The summed E-state index contributed by atoms with van der Waals surface area (Å²) in [5.41, 5.74) is 2.65. The van der Waals surface area contributed by atoms with Crippen molar-refractivity contribution in [2.24, 2.45) is 5.92 Å². The topological polar surface area (TPSA) is 70.8 Å². The number of nitrogens with zero attached hydrogens (tertiary/aromatic N) is 5. The molecule has 1 saturated carbocycles. The zero-order chi connectivity index (χ0) is 26.8. The third kappa shape index (κ3) is 4.26. The Morgan fingerprint density at radius 2 is 1.84 bits per heavy atom. The SMILES string of the molecule is CN(C(=O)C1CCS(=O)CC1)[C@@H](c1ccc(N2CCC3(CC3)c3c2cnc2cc(F)nn32)cc1)C(F)(F)F. The normalized spacial score (nSPS) is 23.3. The highest BCUT2D eigenvalue weighted by Crippen LogP contribution is 2.57.